The molecular weight excluding hydrogens is 276 g/mol. The highest BCUT2D eigenvalue weighted by Crippen LogP contribution is 2.33. The van der Waals surface area contributed by atoms with Gasteiger partial charge in [0.05, 0.1) is 12.0 Å². The summed E-state index contributed by atoms with van der Waals surface area (Å²) in [6, 6.07) is 7.67. The average molecular weight is 290 g/mol. The fourth-order valence-corrected chi connectivity index (χ4v) is 2.24. The van der Waals surface area contributed by atoms with Crippen LogP contribution in [-0.4, -0.2) is 27.7 Å². The molecule has 0 saturated carbocycles. The molecule has 0 spiro atoms. The molecule has 0 aliphatic rings. The molecule has 0 unspecified atom stereocenters. The molecule has 7 heteroatoms. The minimum Gasteiger partial charge on any atom is -0.490 e. The van der Waals surface area contributed by atoms with Crippen molar-refractivity contribution in [3.8, 4) is 17.0 Å². The minimum absolute atomic E-state index is 0.144. The Morgan fingerprint density at radius 3 is 2.62 bits per heavy atom. The lowest BCUT2D eigenvalue weighted by Gasteiger charge is -2.10. The normalized spacial score (nSPS) is 10.4. The summed E-state index contributed by atoms with van der Waals surface area (Å²) in [6.45, 7) is 2.26. The van der Waals surface area contributed by atoms with Crippen LogP contribution in [0, 0.1) is 10.1 Å². The Balaban J connectivity index is 2.60. The van der Waals surface area contributed by atoms with Crippen LogP contribution in [0.4, 0.5) is 5.69 Å². The zero-order chi connectivity index (χ0) is 15.6. The van der Waals surface area contributed by atoms with Gasteiger partial charge in [-0.15, -0.1) is 0 Å². The number of carboxylic acids is 1. The Labute approximate surface area is 120 Å². The zero-order valence-corrected chi connectivity index (χ0v) is 11.6. The lowest BCUT2D eigenvalue weighted by Crippen LogP contribution is -2.08. The van der Waals surface area contributed by atoms with E-state index < -0.39 is 10.9 Å². The number of rotatable bonds is 5. The summed E-state index contributed by atoms with van der Waals surface area (Å²) in [5.74, 6) is -0.872. The number of benzene rings is 1. The summed E-state index contributed by atoms with van der Waals surface area (Å²) in [6.07, 6.45) is 0. The van der Waals surface area contributed by atoms with Gasteiger partial charge in [0.2, 0.25) is 0 Å². The highest BCUT2D eigenvalue weighted by Gasteiger charge is 2.19. The summed E-state index contributed by atoms with van der Waals surface area (Å²) in [5.41, 5.74) is 1.17. The first-order valence-electron chi connectivity index (χ1n) is 6.25. The van der Waals surface area contributed by atoms with E-state index in [0.29, 0.717) is 17.8 Å². The van der Waals surface area contributed by atoms with Crippen LogP contribution in [0.25, 0.3) is 11.3 Å². The van der Waals surface area contributed by atoms with Crippen molar-refractivity contribution in [1.82, 2.24) is 4.57 Å². The Morgan fingerprint density at radius 1 is 1.38 bits per heavy atom. The van der Waals surface area contributed by atoms with Gasteiger partial charge in [-0.05, 0) is 31.2 Å². The number of nitro benzene ring substituents is 1. The van der Waals surface area contributed by atoms with Crippen LogP contribution in [0.2, 0.25) is 0 Å². The first-order chi connectivity index (χ1) is 9.99. The van der Waals surface area contributed by atoms with E-state index in [-0.39, 0.29) is 17.1 Å². The standard InChI is InChI=1S/C14H14N2O5/c1-3-15-10(5-6-11(15)14(17)18)9-4-7-13(21-2)12(8-9)16(19)20/h4-8H,3H2,1-2H3,(H,17,18). The van der Waals surface area contributed by atoms with Gasteiger partial charge in [0.15, 0.2) is 5.75 Å². The van der Waals surface area contributed by atoms with E-state index in [2.05, 4.69) is 0 Å². The third kappa shape index (κ3) is 2.58. The van der Waals surface area contributed by atoms with Gasteiger partial charge in [0.25, 0.3) is 0 Å². The molecule has 0 radical (unpaired) electrons. The van der Waals surface area contributed by atoms with E-state index in [4.69, 9.17) is 9.84 Å². The maximum atomic E-state index is 11.2. The fraction of sp³-hybridized carbons (Fsp3) is 0.214. The molecule has 1 aromatic heterocycles. The first kappa shape index (κ1) is 14.6. The lowest BCUT2D eigenvalue weighted by molar-refractivity contribution is -0.385. The average Bonchev–Trinajstić information content (AvgIpc) is 2.90. The monoisotopic (exact) mass is 290 g/mol. The number of carbonyl (C=O) groups is 1. The van der Waals surface area contributed by atoms with E-state index in [1.54, 1.807) is 16.7 Å². The number of nitro groups is 1. The van der Waals surface area contributed by atoms with Gasteiger partial charge in [-0.2, -0.15) is 0 Å². The van der Waals surface area contributed by atoms with Crippen molar-refractivity contribution in [3.63, 3.8) is 0 Å². The summed E-state index contributed by atoms with van der Waals surface area (Å²) >= 11 is 0. The molecule has 0 saturated heterocycles. The third-order valence-electron chi connectivity index (χ3n) is 3.19. The smallest absolute Gasteiger partial charge is 0.352 e. The van der Waals surface area contributed by atoms with Crippen LogP contribution >= 0.6 is 0 Å². The van der Waals surface area contributed by atoms with E-state index in [1.807, 2.05) is 6.92 Å². The molecule has 21 heavy (non-hydrogen) atoms. The topological polar surface area (TPSA) is 94.6 Å². The Hall–Kier alpha value is -2.83. The van der Waals surface area contributed by atoms with Gasteiger partial charge in [-0.3, -0.25) is 10.1 Å². The number of hydrogen-bond donors (Lipinski definition) is 1. The maximum Gasteiger partial charge on any atom is 0.352 e. The van der Waals surface area contributed by atoms with E-state index >= 15 is 0 Å². The van der Waals surface area contributed by atoms with Crippen molar-refractivity contribution < 1.29 is 19.6 Å². The largest absolute Gasteiger partial charge is 0.490 e. The summed E-state index contributed by atoms with van der Waals surface area (Å²) in [4.78, 5) is 21.7. The van der Waals surface area contributed by atoms with Gasteiger partial charge in [-0.1, -0.05) is 0 Å². The van der Waals surface area contributed by atoms with Gasteiger partial charge in [0, 0.05) is 23.9 Å². The number of aromatic nitrogens is 1. The van der Waals surface area contributed by atoms with Crippen LogP contribution in [0.15, 0.2) is 30.3 Å². The van der Waals surface area contributed by atoms with Crippen molar-refractivity contribution in [3.05, 3.63) is 46.1 Å². The molecule has 0 aliphatic carbocycles. The highest BCUT2D eigenvalue weighted by molar-refractivity contribution is 5.87. The molecule has 110 valence electrons. The van der Waals surface area contributed by atoms with Gasteiger partial charge >= 0.3 is 11.7 Å². The molecule has 2 aromatic rings. The third-order valence-corrected chi connectivity index (χ3v) is 3.19. The second kappa shape index (κ2) is 5.66. The van der Waals surface area contributed by atoms with Crippen molar-refractivity contribution in [2.45, 2.75) is 13.5 Å². The molecule has 0 aliphatic heterocycles. The Bertz CT molecular complexity index is 705. The van der Waals surface area contributed by atoms with Crippen LogP contribution in [-0.2, 0) is 6.54 Å². The number of carboxylic acid groups (broad SMARTS) is 1. The predicted octanol–water partition coefficient (Wildman–Crippen LogP) is 2.79. The van der Waals surface area contributed by atoms with Gasteiger partial charge in [-0.25, -0.2) is 4.79 Å². The van der Waals surface area contributed by atoms with Crippen molar-refractivity contribution in [1.29, 1.82) is 0 Å². The number of hydrogen-bond acceptors (Lipinski definition) is 4. The van der Waals surface area contributed by atoms with Crippen LogP contribution in [0.3, 0.4) is 0 Å². The first-order valence-corrected chi connectivity index (χ1v) is 6.25. The fourth-order valence-electron chi connectivity index (χ4n) is 2.24. The maximum absolute atomic E-state index is 11.2. The van der Waals surface area contributed by atoms with Gasteiger partial charge in [0.1, 0.15) is 5.69 Å². The van der Waals surface area contributed by atoms with Crippen LogP contribution in [0.5, 0.6) is 5.75 Å². The van der Waals surface area contributed by atoms with Crippen LogP contribution in [0.1, 0.15) is 17.4 Å². The lowest BCUT2D eigenvalue weighted by atomic mass is 10.1. The second-order valence-corrected chi connectivity index (χ2v) is 4.30. The van der Waals surface area contributed by atoms with Gasteiger partial charge < -0.3 is 14.4 Å². The molecule has 7 nitrogen and oxygen atoms in total. The molecule has 1 heterocycles. The quantitative estimate of drug-likeness (QED) is 0.675. The molecule has 0 atom stereocenters. The summed E-state index contributed by atoms with van der Waals surface area (Å²) in [5, 5.41) is 20.2. The van der Waals surface area contributed by atoms with Crippen LogP contribution < -0.4 is 4.74 Å². The van der Waals surface area contributed by atoms with E-state index in [0.717, 1.165) is 0 Å². The molecule has 1 aromatic carbocycles. The SMILES string of the molecule is CCn1c(C(=O)O)ccc1-c1ccc(OC)c([N+](=O)[O-])c1. The van der Waals surface area contributed by atoms with E-state index in [1.165, 1.54) is 25.3 Å². The molecule has 0 bridgehead atoms. The van der Waals surface area contributed by atoms with Crippen molar-refractivity contribution in [2.24, 2.45) is 0 Å². The summed E-state index contributed by atoms with van der Waals surface area (Å²) in [7, 11) is 1.36. The Morgan fingerprint density at radius 2 is 2.10 bits per heavy atom. The second-order valence-electron chi connectivity index (χ2n) is 4.30. The number of ether oxygens (including phenoxy) is 1. The zero-order valence-electron chi connectivity index (χ0n) is 11.6. The molecule has 1 N–H and O–H groups in total. The molecular formula is C14H14N2O5. The molecule has 0 fully saturated rings. The number of aromatic carboxylic acids is 1. The van der Waals surface area contributed by atoms with Crippen molar-refractivity contribution in [2.75, 3.05) is 7.11 Å². The number of methoxy groups -OCH3 is 1. The van der Waals surface area contributed by atoms with Crippen molar-refractivity contribution >= 4 is 11.7 Å². The van der Waals surface area contributed by atoms with E-state index in [9.17, 15) is 14.9 Å². The minimum atomic E-state index is -1.04. The molecule has 0 amide bonds. The Kier molecular flexibility index (Phi) is 3.93. The summed E-state index contributed by atoms with van der Waals surface area (Å²) < 4.78 is 6.55. The molecule has 2 rings (SSSR count). The predicted molar refractivity (Wildman–Crippen MR) is 75.7 cm³/mol. The number of nitrogens with zero attached hydrogens (tertiary/aromatic N) is 2. The highest BCUT2D eigenvalue weighted by atomic mass is 16.6.